The van der Waals surface area contributed by atoms with Gasteiger partial charge in [-0.1, -0.05) is 64.1 Å². The molecule has 0 bridgehead atoms. The molecule has 0 aliphatic heterocycles. The van der Waals surface area contributed by atoms with Gasteiger partial charge in [0.2, 0.25) is 0 Å². The number of hydrogen-bond acceptors (Lipinski definition) is 0. The van der Waals surface area contributed by atoms with Crippen molar-refractivity contribution in [3.05, 3.63) is 41.5 Å². The highest BCUT2D eigenvalue weighted by Gasteiger charge is 1.90. The zero-order valence-electron chi connectivity index (χ0n) is 10.0. The van der Waals surface area contributed by atoms with Gasteiger partial charge in [0.05, 0.1) is 0 Å². The third-order valence-electron chi connectivity index (χ3n) is 1.85. The van der Waals surface area contributed by atoms with Gasteiger partial charge in [0, 0.05) is 0 Å². The minimum atomic E-state index is 0.629. The van der Waals surface area contributed by atoms with Crippen LogP contribution in [0.1, 0.15) is 38.8 Å². The number of hydrogen-bond donors (Lipinski definition) is 0. The van der Waals surface area contributed by atoms with E-state index in [9.17, 15) is 0 Å². The van der Waals surface area contributed by atoms with Gasteiger partial charge >= 0.3 is 0 Å². The van der Waals surface area contributed by atoms with Gasteiger partial charge in [-0.15, -0.1) is 0 Å². The number of benzene rings is 1. The molecular weight excluding hydrogens is 168 g/mol. The van der Waals surface area contributed by atoms with Crippen LogP contribution in [0, 0.1) is 12.8 Å². The van der Waals surface area contributed by atoms with Gasteiger partial charge in [-0.3, -0.25) is 0 Å². The maximum Gasteiger partial charge on any atom is -0.0230 e. The summed E-state index contributed by atoms with van der Waals surface area (Å²) in [4.78, 5) is 0. The lowest BCUT2D eigenvalue weighted by molar-refractivity contribution is 0.836. The largest absolute Gasteiger partial charge is 0.0814 e. The molecule has 1 aromatic rings. The van der Waals surface area contributed by atoms with Gasteiger partial charge in [-0.25, -0.2) is 0 Å². The lowest BCUT2D eigenvalue weighted by atomic mass is 10.1. The van der Waals surface area contributed by atoms with Crippen molar-refractivity contribution >= 4 is 6.08 Å². The second kappa shape index (κ2) is 7.37. The van der Waals surface area contributed by atoms with Crippen LogP contribution in [0.3, 0.4) is 0 Å². The molecule has 78 valence electrons. The molecule has 0 atom stereocenters. The summed E-state index contributed by atoms with van der Waals surface area (Å²) in [6.45, 7) is 10.5. The van der Waals surface area contributed by atoms with E-state index in [1.165, 1.54) is 11.1 Å². The van der Waals surface area contributed by atoms with Crippen molar-refractivity contribution < 1.29 is 0 Å². The molecule has 14 heavy (non-hydrogen) atoms. The van der Waals surface area contributed by atoms with Crippen LogP contribution in [0.4, 0.5) is 0 Å². The third-order valence-corrected chi connectivity index (χ3v) is 1.85. The van der Waals surface area contributed by atoms with E-state index in [0.717, 1.165) is 0 Å². The molecule has 0 spiro atoms. The zero-order chi connectivity index (χ0) is 11.0. The Kier molecular flexibility index (Phi) is 6.82. The number of rotatable bonds is 2. The van der Waals surface area contributed by atoms with Crippen LogP contribution in [0.5, 0.6) is 0 Å². The molecule has 0 heteroatoms. The Hall–Kier alpha value is -1.04. The van der Waals surface area contributed by atoms with Crippen molar-refractivity contribution in [3.8, 4) is 0 Å². The zero-order valence-corrected chi connectivity index (χ0v) is 10.0. The molecule has 0 heterocycles. The molecule has 0 amide bonds. The predicted octanol–water partition coefficient (Wildman–Crippen LogP) is 4.69. The van der Waals surface area contributed by atoms with E-state index in [-0.39, 0.29) is 0 Å². The number of allylic oxidation sites excluding steroid dienone is 1. The van der Waals surface area contributed by atoms with Crippen LogP contribution in [0.15, 0.2) is 30.3 Å². The van der Waals surface area contributed by atoms with E-state index in [1.807, 2.05) is 13.8 Å². The van der Waals surface area contributed by atoms with Gasteiger partial charge in [0.1, 0.15) is 0 Å². The van der Waals surface area contributed by atoms with E-state index < -0.39 is 0 Å². The molecule has 0 unspecified atom stereocenters. The van der Waals surface area contributed by atoms with Crippen molar-refractivity contribution in [2.45, 2.75) is 34.6 Å². The molecule has 1 aromatic carbocycles. The standard InChI is InChI=1S/C12H16.C2H6/c1-10(2)8-9-12-7-5-4-6-11(12)3;1-2/h4-10H,1-3H3;1-2H3/b9-8+;. The molecular formula is C14H22. The summed E-state index contributed by atoms with van der Waals surface area (Å²) >= 11 is 0. The van der Waals surface area contributed by atoms with Crippen LogP contribution < -0.4 is 0 Å². The van der Waals surface area contributed by atoms with E-state index >= 15 is 0 Å². The van der Waals surface area contributed by atoms with Crippen molar-refractivity contribution in [1.29, 1.82) is 0 Å². The Morgan fingerprint density at radius 3 is 2.14 bits per heavy atom. The molecule has 0 aliphatic carbocycles. The average molecular weight is 190 g/mol. The molecule has 0 radical (unpaired) electrons. The smallest absolute Gasteiger partial charge is 0.0230 e. The molecule has 0 fully saturated rings. The first kappa shape index (κ1) is 13.0. The van der Waals surface area contributed by atoms with Gasteiger partial charge in [0.25, 0.3) is 0 Å². The molecule has 0 N–H and O–H groups in total. The summed E-state index contributed by atoms with van der Waals surface area (Å²) in [5.41, 5.74) is 2.67. The first-order chi connectivity index (χ1) is 6.70. The van der Waals surface area contributed by atoms with Crippen LogP contribution in [0.2, 0.25) is 0 Å². The Morgan fingerprint density at radius 2 is 1.64 bits per heavy atom. The fourth-order valence-electron chi connectivity index (χ4n) is 1.07. The Morgan fingerprint density at radius 1 is 1.07 bits per heavy atom. The molecule has 1 rings (SSSR count). The molecule has 0 nitrogen and oxygen atoms in total. The molecule has 0 saturated carbocycles. The second-order valence-electron chi connectivity index (χ2n) is 3.46. The second-order valence-corrected chi connectivity index (χ2v) is 3.46. The predicted molar refractivity (Wildman–Crippen MR) is 66.4 cm³/mol. The van der Waals surface area contributed by atoms with Crippen molar-refractivity contribution in [3.63, 3.8) is 0 Å². The minimum Gasteiger partial charge on any atom is -0.0814 e. The van der Waals surface area contributed by atoms with Gasteiger partial charge in [0.15, 0.2) is 0 Å². The van der Waals surface area contributed by atoms with Crippen molar-refractivity contribution in [1.82, 2.24) is 0 Å². The van der Waals surface area contributed by atoms with Crippen LogP contribution >= 0.6 is 0 Å². The maximum absolute atomic E-state index is 2.22. The monoisotopic (exact) mass is 190 g/mol. The van der Waals surface area contributed by atoms with E-state index in [4.69, 9.17) is 0 Å². The normalized spacial score (nSPS) is 10.1. The summed E-state index contributed by atoms with van der Waals surface area (Å²) in [5, 5.41) is 0. The highest BCUT2D eigenvalue weighted by Crippen LogP contribution is 2.10. The summed E-state index contributed by atoms with van der Waals surface area (Å²) in [7, 11) is 0. The van der Waals surface area contributed by atoms with Gasteiger partial charge in [-0.05, 0) is 24.0 Å². The molecule has 0 saturated heterocycles. The first-order valence-corrected chi connectivity index (χ1v) is 5.44. The average Bonchev–Trinajstić information content (AvgIpc) is 2.19. The minimum absolute atomic E-state index is 0.629. The summed E-state index contributed by atoms with van der Waals surface area (Å²) in [6, 6.07) is 8.43. The van der Waals surface area contributed by atoms with Gasteiger partial charge < -0.3 is 0 Å². The first-order valence-electron chi connectivity index (χ1n) is 5.44. The van der Waals surface area contributed by atoms with Crippen LogP contribution in [-0.2, 0) is 0 Å². The van der Waals surface area contributed by atoms with Gasteiger partial charge in [-0.2, -0.15) is 0 Å². The maximum atomic E-state index is 2.22. The Balaban J connectivity index is 0.000000791. The fraction of sp³-hybridized carbons (Fsp3) is 0.429. The summed E-state index contributed by atoms with van der Waals surface area (Å²) in [6.07, 6.45) is 4.42. The quantitative estimate of drug-likeness (QED) is 0.634. The Bertz CT molecular complexity index is 269. The molecule has 0 aromatic heterocycles. The van der Waals surface area contributed by atoms with E-state index in [2.05, 4.69) is 57.2 Å². The lowest BCUT2D eigenvalue weighted by Crippen LogP contribution is -1.81. The van der Waals surface area contributed by atoms with Crippen LogP contribution in [0.25, 0.3) is 6.08 Å². The van der Waals surface area contributed by atoms with E-state index in [0.29, 0.717) is 5.92 Å². The van der Waals surface area contributed by atoms with E-state index in [1.54, 1.807) is 0 Å². The van der Waals surface area contributed by atoms with Crippen molar-refractivity contribution in [2.24, 2.45) is 5.92 Å². The summed E-state index contributed by atoms with van der Waals surface area (Å²) < 4.78 is 0. The summed E-state index contributed by atoms with van der Waals surface area (Å²) in [5.74, 6) is 0.629. The SMILES string of the molecule is CC.Cc1ccccc1/C=C/C(C)C. The van der Waals surface area contributed by atoms with Crippen LogP contribution in [-0.4, -0.2) is 0 Å². The Labute approximate surface area is 88.7 Å². The number of aryl methyl sites for hydroxylation is 1. The topological polar surface area (TPSA) is 0 Å². The molecule has 0 aliphatic rings. The highest BCUT2D eigenvalue weighted by atomic mass is 14.0. The van der Waals surface area contributed by atoms with Crippen molar-refractivity contribution in [2.75, 3.05) is 0 Å². The highest BCUT2D eigenvalue weighted by molar-refractivity contribution is 5.53. The lowest BCUT2D eigenvalue weighted by Gasteiger charge is -1.99. The fourth-order valence-corrected chi connectivity index (χ4v) is 1.07. The third kappa shape index (κ3) is 4.86.